The van der Waals surface area contributed by atoms with Gasteiger partial charge in [0.15, 0.2) is 5.96 Å². The van der Waals surface area contributed by atoms with Gasteiger partial charge in [0.05, 0.1) is 13.2 Å². The molecule has 154 valence electrons. The maximum Gasteiger partial charge on any atom is 0.411 e. The largest absolute Gasteiger partial charge is 0.411 e. The molecular weight excluding hydrogens is 472 g/mol. The first-order valence-electron chi connectivity index (χ1n) is 8.87. The lowest BCUT2D eigenvalue weighted by atomic mass is 10.1. The number of nitrogens with two attached hydrogens (primary N) is 1. The molecular formula is C18H28F3IN4O. The molecule has 0 saturated carbocycles. The van der Waals surface area contributed by atoms with E-state index >= 15 is 0 Å². The molecule has 0 aromatic heterocycles. The van der Waals surface area contributed by atoms with Gasteiger partial charge in [0.25, 0.3) is 0 Å². The van der Waals surface area contributed by atoms with Crippen LogP contribution in [-0.4, -0.2) is 49.3 Å². The molecule has 3 N–H and O–H groups in total. The highest BCUT2D eigenvalue weighted by atomic mass is 127. The first-order valence-corrected chi connectivity index (χ1v) is 8.87. The van der Waals surface area contributed by atoms with E-state index in [9.17, 15) is 13.2 Å². The number of hydrogen-bond donors (Lipinski definition) is 2. The highest BCUT2D eigenvalue weighted by Gasteiger charge is 2.27. The fourth-order valence-corrected chi connectivity index (χ4v) is 3.10. The minimum Gasteiger partial charge on any atom is -0.370 e. The predicted octanol–water partition coefficient (Wildman–Crippen LogP) is 3.27. The van der Waals surface area contributed by atoms with Gasteiger partial charge in [0.1, 0.15) is 6.61 Å². The van der Waals surface area contributed by atoms with Crippen molar-refractivity contribution in [3.8, 4) is 0 Å². The standard InChI is InChI=1S/C18H27F3N4O.HI/c1-2-25-8-4-7-16(25)11-24-17(22)23-10-14-5-3-6-15(9-14)12-26-13-18(19,20)21;/h3,5-6,9,16H,2,4,7-8,10-13H2,1H3,(H3,22,23,24);1H. The molecule has 0 bridgehead atoms. The van der Waals surface area contributed by atoms with Crippen molar-refractivity contribution in [1.82, 2.24) is 10.2 Å². The van der Waals surface area contributed by atoms with Crippen molar-refractivity contribution < 1.29 is 17.9 Å². The molecule has 0 amide bonds. The number of guanidine groups is 1. The molecule has 1 aliphatic heterocycles. The van der Waals surface area contributed by atoms with E-state index in [0.29, 0.717) is 24.1 Å². The van der Waals surface area contributed by atoms with E-state index in [2.05, 4.69) is 26.9 Å². The lowest BCUT2D eigenvalue weighted by molar-refractivity contribution is -0.176. The van der Waals surface area contributed by atoms with Crippen LogP contribution in [0.2, 0.25) is 0 Å². The maximum atomic E-state index is 12.1. The SMILES string of the molecule is CCN1CCCC1CNC(N)=NCc1cccc(COCC(F)(F)F)c1.I. The van der Waals surface area contributed by atoms with Gasteiger partial charge >= 0.3 is 6.18 Å². The Morgan fingerprint density at radius 2 is 2.11 bits per heavy atom. The van der Waals surface area contributed by atoms with Gasteiger partial charge in [-0.1, -0.05) is 31.2 Å². The number of nitrogens with one attached hydrogen (secondary N) is 1. The highest BCUT2D eigenvalue weighted by Crippen LogP contribution is 2.17. The van der Waals surface area contributed by atoms with Crippen molar-refractivity contribution in [2.24, 2.45) is 10.7 Å². The van der Waals surface area contributed by atoms with Crippen LogP contribution in [0.4, 0.5) is 13.2 Å². The summed E-state index contributed by atoms with van der Waals surface area (Å²) in [4.78, 5) is 6.73. The fourth-order valence-electron chi connectivity index (χ4n) is 3.10. The molecule has 0 radical (unpaired) electrons. The third-order valence-electron chi connectivity index (χ3n) is 4.38. The summed E-state index contributed by atoms with van der Waals surface area (Å²) >= 11 is 0. The number of halogens is 4. The van der Waals surface area contributed by atoms with Crippen LogP contribution in [0.5, 0.6) is 0 Å². The molecule has 5 nitrogen and oxygen atoms in total. The number of likely N-dealkylation sites (tertiary alicyclic amines) is 1. The summed E-state index contributed by atoms with van der Waals surface area (Å²) in [5.41, 5.74) is 7.48. The molecule has 9 heteroatoms. The van der Waals surface area contributed by atoms with Crippen molar-refractivity contribution in [3.63, 3.8) is 0 Å². The zero-order valence-corrected chi connectivity index (χ0v) is 17.8. The quantitative estimate of drug-likeness (QED) is 0.327. The summed E-state index contributed by atoms with van der Waals surface area (Å²) in [5, 5.41) is 3.16. The molecule has 27 heavy (non-hydrogen) atoms. The number of ether oxygens (including phenoxy) is 1. The van der Waals surface area contributed by atoms with Crippen LogP contribution in [0.3, 0.4) is 0 Å². The van der Waals surface area contributed by atoms with Gasteiger partial charge in [-0.05, 0) is 37.1 Å². The average Bonchev–Trinajstić information content (AvgIpc) is 3.05. The second-order valence-electron chi connectivity index (χ2n) is 6.43. The summed E-state index contributed by atoms with van der Waals surface area (Å²) in [7, 11) is 0. The van der Waals surface area contributed by atoms with Crippen molar-refractivity contribution in [3.05, 3.63) is 35.4 Å². The van der Waals surface area contributed by atoms with Gasteiger partial charge in [-0.15, -0.1) is 24.0 Å². The number of benzene rings is 1. The normalized spacial score (nSPS) is 18.4. The Labute approximate surface area is 175 Å². The number of alkyl halides is 3. The average molecular weight is 500 g/mol. The second kappa shape index (κ2) is 11.7. The Morgan fingerprint density at radius 1 is 1.37 bits per heavy atom. The monoisotopic (exact) mass is 500 g/mol. The van der Waals surface area contributed by atoms with E-state index in [1.807, 2.05) is 6.07 Å². The molecule has 0 aliphatic carbocycles. The first-order chi connectivity index (χ1) is 12.4. The van der Waals surface area contributed by atoms with Crippen LogP contribution in [0.1, 0.15) is 30.9 Å². The molecule has 1 heterocycles. The number of aliphatic imine (C=N–C) groups is 1. The summed E-state index contributed by atoms with van der Waals surface area (Å²) in [5.74, 6) is 0.381. The van der Waals surface area contributed by atoms with Gasteiger partial charge in [-0.25, -0.2) is 4.99 Å². The fraction of sp³-hybridized carbons (Fsp3) is 0.611. The van der Waals surface area contributed by atoms with Gasteiger partial charge in [0, 0.05) is 12.6 Å². The number of nitrogens with zero attached hydrogens (tertiary/aromatic N) is 2. The van der Waals surface area contributed by atoms with Gasteiger partial charge in [0.2, 0.25) is 0 Å². The van der Waals surface area contributed by atoms with Crippen molar-refractivity contribution in [2.45, 2.75) is 45.1 Å². The second-order valence-corrected chi connectivity index (χ2v) is 6.43. The first kappa shape index (κ1) is 24.0. The lowest BCUT2D eigenvalue weighted by Crippen LogP contribution is -2.42. The van der Waals surface area contributed by atoms with Gasteiger partial charge in [-0.2, -0.15) is 13.2 Å². The topological polar surface area (TPSA) is 62.9 Å². The van der Waals surface area contributed by atoms with Crippen molar-refractivity contribution in [2.75, 3.05) is 26.2 Å². The molecule has 1 aromatic rings. The van der Waals surface area contributed by atoms with Crippen molar-refractivity contribution >= 4 is 29.9 Å². The zero-order chi connectivity index (χ0) is 19.0. The summed E-state index contributed by atoms with van der Waals surface area (Å²) < 4.78 is 41.0. The van der Waals surface area contributed by atoms with Crippen LogP contribution in [0.15, 0.2) is 29.3 Å². The molecule has 1 aromatic carbocycles. The van der Waals surface area contributed by atoms with Crippen LogP contribution >= 0.6 is 24.0 Å². The minimum absolute atomic E-state index is 0. The molecule has 1 unspecified atom stereocenters. The Kier molecular flexibility index (Phi) is 10.4. The predicted molar refractivity (Wildman–Crippen MR) is 111 cm³/mol. The van der Waals surface area contributed by atoms with Crippen LogP contribution in [-0.2, 0) is 17.9 Å². The lowest BCUT2D eigenvalue weighted by Gasteiger charge is -2.23. The van der Waals surface area contributed by atoms with E-state index < -0.39 is 12.8 Å². The molecule has 0 spiro atoms. The zero-order valence-electron chi connectivity index (χ0n) is 15.5. The molecule has 2 rings (SSSR count). The van der Waals surface area contributed by atoms with Crippen LogP contribution < -0.4 is 11.1 Å². The van der Waals surface area contributed by atoms with Crippen LogP contribution in [0.25, 0.3) is 0 Å². The summed E-state index contributed by atoms with van der Waals surface area (Å²) in [6, 6.07) is 7.63. The van der Waals surface area contributed by atoms with Crippen molar-refractivity contribution in [1.29, 1.82) is 0 Å². The Morgan fingerprint density at radius 3 is 2.81 bits per heavy atom. The number of rotatable bonds is 8. The summed E-state index contributed by atoms with van der Waals surface area (Å²) in [6.07, 6.45) is -1.94. The Balaban J connectivity index is 0.00000364. The number of likely N-dealkylation sites (N-methyl/N-ethyl adjacent to an activating group) is 1. The minimum atomic E-state index is -4.31. The molecule has 1 aliphatic rings. The molecule has 1 fully saturated rings. The van der Waals surface area contributed by atoms with Gasteiger partial charge < -0.3 is 15.8 Å². The van der Waals surface area contributed by atoms with E-state index in [1.54, 1.807) is 18.2 Å². The van der Waals surface area contributed by atoms with E-state index in [-0.39, 0.29) is 30.6 Å². The molecule has 1 atom stereocenters. The summed E-state index contributed by atoms with van der Waals surface area (Å²) in [6.45, 7) is 4.13. The van der Waals surface area contributed by atoms with Gasteiger partial charge in [-0.3, -0.25) is 4.90 Å². The Hall–Kier alpha value is -1.07. The Bertz CT molecular complexity index is 598. The van der Waals surface area contributed by atoms with E-state index in [1.165, 1.54) is 6.42 Å². The maximum absolute atomic E-state index is 12.1. The van der Waals surface area contributed by atoms with Crippen LogP contribution in [0, 0.1) is 0 Å². The van der Waals surface area contributed by atoms with E-state index in [0.717, 1.165) is 31.6 Å². The third-order valence-corrected chi connectivity index (χ3v) is 4.38. The number of hydrogen-bond acceptors (Lipinski definition) is 3. The third kappa shape index (κ3) is 9.11. The van der Waals surface area contributed by atoms with E-state index in [4.69, 9.17) is 5.73 Å². The highest BCUT2D eigenvalue weighted by molar-refractivity contribution is 14.0. The smallest absolute Gasteiger partial charge is 0.370 e. The molecule has 1 saturated heterocycles.